The molecule has 0 aromatic heterocycles. The lowest BCUT2D eigenvalue weighted by molar-refractivity contribution is -0.113. The van der Waals surface area contributed by atoms with Crippen molar-refractivity contribution in [2.45, 2.75) is 6.92 Å². The number of amides is 2. The average molecular weight is 322 g/mol. The monoisotopic (exact) mass is 322 g/mol. The number of para-hydroxylation sites is 1. The van der Waals surface area contributed by atoms with E-state index in [9.17, 15) is 9.59 Å². The highest BCUT2D eigenvalue weighted by Gasteiger charge is 2.17. The Morgan fingerprint density at radius 2 is 1.92 bits per heavy atom. The highest BCUT2D eigenvalue weighted by molar-refractivity contribution is 6.08. The Bertz CT molecular complexity index is 812. The largest absolute Gasteiger partial charge is 0.488 e. The Morgan fingerprint density at radius 1 is 1.08 bits per heavy atom. The summed E-state index contributed by atoms with van der Waals surface area (Å²) in [6, 6.07) is 14.4. The quantitative estimate of drug-likeness (QED) is 0.909. The van der Waals surface area contributed by atoms with Gasteiger partial charge < -0.3 is 15.4 Å². The molecule has 1 heterocycles. The first-order chi connectivity index (χ1) is 11.7. The van der Waals surface area contributed by atoms with E-state index in [1.807, 2.05) is 37.3 Å². The summed E-state index contributed by atoms with van der Waals surface area (Å²) in [6.07, 6.45) is 1.82. The van der Waals surface area contributed by atoms with Gasteiger partial charge in [0.1, 0.15) is 12.4 Å². The van der Waals surface area contributed by atoms with E-state index in [0.29, 0.717) is 23.4 Å². The molecule has 2 N–H and O–H groups in total. The molecule has 0 atom stereocenters. The van der Waals surface area contributed by atoms with E-state index in [4.69, 9.17) is 4.74 Å². The number of nitrogens with one attached hydrogen (secondary N) is 2. The van der Waals surface area contributed by atoms with Gasteiger partial charge in [-0.3, -0.25) is 9.59 Å². The molecule has 5 heteroatoms. The number of hydrogen-bond donors (Lipinski definition) is 2. The van der Waals surface area contributed by atoms with Crippen LogP contribution in [0.3, 0.4) is 0 Å². The fraction of sp³-hybridized carbons (Fsp3) is 0.158. The van der Waals surface area contributed by atoms with E-state index in [-0.39, 0.29) is 18.4 Å². The standard InChI is InChI=1S/C19H18N2O3/c1-2-20-18(22)14-7-5-8-16(11-14)21-19(23)15-10-13-6-3-4-9-17(13)24-12-15/h3-11H,2,12H2,1H3,(H,20,22)(H,21,23). The Hall–Kier alpha value is -3.08. The van der Waals surface area contributed by atoms with Gasteiger partial charge in [-0.05, 0) is 37.3 Å². The number of rotatable bonds is 4. The first-order valence-corrected chi connectivity index (χ1v) is 7.79. The van der Waals surface area contributed by atoms with Crippen LogP contribution < -0.4 is 15.4 Å². The van der Waals surface area contributed by atoms with Gasteiger partial charge in [0.25, 0.3) is 11.8 Å². The zero-order valence-electron chi connectivity index (χ0n) is 13.3. The van der Waals surface area contributed by atoms with Gasteiger partial charge in [-0.1, -0.05) is 24.3 Å². The van der Waals surface area contributed by atoms with Crippen LogP contribution in [0.1, 0.15) is 22.8 Å². The van der Waals surface area contributed by atoms with Crippen molar-refractivity contribution in [3.63, 3.8) is 0 Å². The summed E-state index contributed by atoms with van der Waals surface area (Å²) in [4.78, 5) is 24.3. The molecular formula is C19H18N2O3. The first kappa shape index (κ1) is 15.8. The molecule has 0 fully saturated rings. The topological polar surface area (TPSA) is 67.4 Å². The van der Waals surface area contributed by atoms with Crippen LogP contribution in [0.5, 0.6) is 5.75 Å². The molecule has 3 rings (SSSR count). The molecular weight excluding hydrogens is 304 g/mol. The third-order valence-electron chi connectivity index (χ3n) is 3.64. The Balaban J connectivity index is 1.75. The smallest absolute Gasteiger partial charge is 0.255 e. The van der Waals surface area contributed by atoms with Gasteiger partial charge in [-0.15, -0.1) is 0 Å². The van der Waals surface area contributed by atoms with Crippen molar-refractivity contribution in [3.05, 3.63) is 65.2 Å². The lowest BCUT2D eigenvalue weighted by atomic mass is 10.1. The fourth-order valence-corrected chi connectivity index (χ4v) is 2.46. The second-order valence-electron chi connectivity index (χ2n) is 5.39. The van der Waals surface area contributed by atoms with Crippen molar-refractivity contribution in [1.82, 2.24) is 5.32 Å². The fourth-order valence-electron chi connectivity index (χ4n) is 2.46. The first-order valence-electron chi connectivity index (χ1n) is 7.79. The van der Waals surface area contributed by atoms with Crippen molar-refractivity contribution < 1.29 is 14.3 Å². The highest BCUT2D eigenvalue weighted by atomic mass is 16.5. The van der Waals surface area contributed by atoms with Crippen molar-refractivity contribution >= 4 is 23.6 Å². The van der Waals surface area contributed by atoms with Gasteiger partial charge in [0.15, 0.2) is 0 Å². The van der Waals surface area contributed by atoms with E-state index in [1.54, 1.807) is 24.3 Å². The SMILES string of the molecule is CCNC(=O)c1cccc(NC(=O)C2=Cc3ccccc3OC2)c1. The molecule has 0 unspecified atom stereocenters. The molecule has 0 bridgehead atoms. The lowest BCUT2D eigenvalue weighted by Gasteiger charge is -2.17. The maximum Gasteiger partial charge on any atom is 0.255 e. The molecule has 0 spiro atoms. The predicted molar refractivity (Wildman–Crippen MR) is 93.0 cm³/mol. The minimum Gasteiger partial charge on any atom is -0.488 e. The number of benzene rings is 2. The van der Waals surface area contributed by atoms with Crippen LogP contribution in [0.25, 0.3) is 6.08 Å². The summed E-state index contributed by atoms with van der Waals surface area (Å²) in [7, 11) is 0. The summed E-state index contributed by atoms with van der Waals surface area (Å²) in [5.41, 5.74) is 2.50. The number of carbonyl (C=O) groups is 2. The van der Waals surface area contributed by atoms with Crippen LogP contribution in [0.4, 0.5) is 5.69 Å². The second-order valence-corrected chi connectivity index (χ2v) is 5.39. The third-order valence-corrected chi connectivity index (χ3v) is 3.64. The van der Waals surface area contributed by atoms with E-state index < -0.39 is 0 Å². The molecule has 24 heavy (non-hydrogen) atoms. The minimum atomic E-state index is -0.238. The number of ether oxygens (including phenoxy) is 1. The molecule has 1 aliphatic rings. The Morgan fingerprint density at radius 3 is 2.75 bits per heavy atom. The zero-order valence-corrected chi connectivity index (χ0v) is 13.3. The van der Waals surface area contributed by atoms with Crippen molar-refractivity contribution in [3.8, 4) is 5.75 Å². The summed E-state index contributed by atoms with van der Waals surface area (Å²) in [6.45, 7) is 2.63. The molecule has 0 saturated carbocycles. The summed E-state index contributed by atoms with van der Waals surface area (Å²) < 4.78 is 5.60. The number of fused-ring (bicyclic) bond motifs is 1. The summed E-state index contributed by atoms with van der Waals surface area (Å²) in [5, 5.41) is 5.55. The molecule has 122 valence electrons. The molecule has 5 nitrogen and oxygen atoms in total. The maximum atomic E-state index is 12.4. The summed E-state index contributed by atoms with van der Waals surface area (Å²) in [5.74, 6) is 0.368. The van der Waals surface area contributed by atoms with Crippen molar-refractivity contribution in [2.24, 2.45) is 0 Å². The zero-order chi connectivity index (χ0) is 16.9. The molecule has 2 aromatic rings. The van der Waals surface area contributed by atoms with Crippen LogP contribution in [-0.4, -0.2) is 25.0 Å². The molecule has 2 amide bonds. The van der Waals surface area contributed by atoms with Gasteiger partial charge in [-0.2, -0.15) is 0 Å². The number of hydrogen-bond acceptors (Lipinski definition) is 3. The van der Waals surface area contributed by atoms with Crippen molar-refractivity contribution in [2.75, 3.05) is 18.5 Å². The van der Waals surface area contributed by atoms with Crippen LogP contribution in [0.15, 0.2) is 54.1 Å². The molecule has 2 aromatic carbocycles. The number of carbonyl (C=O) groups excluding carboxylic acids is 2. The maximum absolute atomic E-state index is 12.4. The second kappa shape index (κ2) is 7.00. The Labute approximate surface area is 140 Å². The lowest BCUT2D eigenvalue weighted by Crippen LogP contribution is -2.23. The van der Waals surface area contributed by atoms with Crippen molar-refractivity contribution in [1.29, 1.82) is 0 Å². The van der Waals surface area contributed by atoms with E-state index in [0.717, 1.165) is 11.3 Å². The third kappa shape index (κ3) is 3.46. The van der Waals surface area contributed by atoms with Crippen LogP contribution in [0.2, 0.25) is 0 Å². The molecule has 0 radical (unpaired) electrons. The molecule has 1 aliphatic heterocycles. The van der Waals surface area contributed by atoms with Gasteiger partial charge in [0.05, 0.1) is 5.57 Å². The normalized spacial score (nSPS) is 12.5. The van der Waals surface area contributed by atoms with Crippen LogP contribution in [-0.2, 0) is 4.79 Å². The van der Waals surface area contributed by atoms with E-state index >= 15 is 0 Å². The van der Waals surface area contributed by atoms with Crippen LogP contribution >= 0.6 is 0 Å². The Kier molecular flexibility index (Phi) is 4.61. The van der Waals surface area contributed by atoms with Gasteiger partial charge in [0.2, 0.25) is 0 Å². The summed E-state index contributed by atoms with van der Waals surface area (Å²) >= 11 is 0. The van der Waals surface area contributed by atoms with Gasteiger partial charge in [-0.25, -0.2) is 0 Å². The van der Waals surface area contributed by atoms with Gasteiger partial charge >= 0.3 is 0 Å². The average Bonchev–Trinajstić information content (AvgIpc) is 2.61. The molecule has 0 saturated heterocycles. The minimum absolute atomic E-state index is 0.164. The predicted octanol–water partition coefficient (Wildman–Crippen LogP) is 2.85. The van der Waals surface area contributed by atoms with Gasteiger partial charge in [0, 0.05) is 23.4 Å². The number of anilines is 1. The highest BCUT2D eigenvalue weighted by Crippen LogP contribution is 2.26. The molecule has 0 aliphatic carbocycles. The van der Waals surface area contributed by atoms with Crippen LogP contribution in [0, 0.1) is 0 Å². The van der Waals surface area contributed by atoms with E-state index in [2.05, 4.69) is 10.6 Å². The van der Waals surface area contributed by atoms with E-state index in [1.165, 1.54) is 0 Å².